The molecular weight excluding hydrogens is 245 g/mol. The zero-order valence-electron chi connectivity index (χ0n) is 10.5. The van der Waals surface area contributed by atoms with Crippen LogP contribution in [-0.4, -0.2) is 11.9 Å². The van der Waals surface area contributed by atoms with Crippen molar-refractivity contribution >= 4 is 11.8 Å². The molecule has 0 heterocycles. The molecule has 0 aliphatic carbocycles. The Hall–Kier alpha value is -0.640. The zero-order valence-corrected chi connectivity index (χ0v) is 11.3. The molecule has 0 saturated carbocycles. The molecule has 0 aliphatic rings. The topological polar surface area (TPSA) is 0 Å². The highest BCUT2D eigenvalue weighted by Crippen LogP contribution is 2.32. The lowest BCUT2D eigenvalue weighted by atomic mass is 9.96. The summed E-state index contributed by atoms with van der Waals surface area (Å²) in [5.74, 6) is -0.491. The molecule has 1 rings (SSSR count). The summed E-state index contributed by atoms with van der Waals surface area (Å²) in [6.45, 7) is 7.96. The van der Waals surface area contributed by atoms with Crippen LogP contribution in [-0.2, 0) is 0 Å². The molecule has 4 heteroatoms. The van der Waals surface area contributed by atoms with Gasteiger partial charge in [0, 0.05) is 4.90 Å². The molecule has 0 amide bonds. The van der Waals surface area contributed by atoms with E-state index >= 15 is 0 Å². The molecule has 0 saturated heterocycles. The maximum atomic E-state index is 12.2. The van der Waals surface area contributed by atoms with Gasteiger partial charge in [0.2, 0.25) is 0 Å². The molecule has 96 valence electrons. The Kier molecular flexibility index (Phi) is 4.53. The molecule has 0 fully saturated rings. The average Bonchev–Trinajstić information content (AvgIpc) is 2.14. The van der Waals surface area contributed by atoms with Gasteiger partial charge in [0.15, 0.2) is 0 Å². The minimum atomic E-state index is -4.11. The minimum Gasteiger partial charge on any atom is -0.170 e. The quantitative estimate of drug-likeness (QED) is 0.684. The Morgan fingerprint density at radius 3 is 2.18 bits per heavy atom. The van der Waals surface area contributed by atoms with Gasteiger partial charge in [0.1, 0.15) is 0 Å². The average molecular weight is 262 g/mol. The highest BCUT2D eigenvalue weighted by Gasteiger charge is 2.27. The van der Waals surface area contributed by atoms with Crippen LogP contribution in [0, 0.1) is 13.8 Å². The number of hydrogen-bond donors (Lipinski definition) is 0. The second-order valence-electron chi connectivity index (χ2n) is 4.53. The molecule has 1 aromatic carbocycles. The monoisotopic (exact) mass is 262 g/mol. The summed E-state index contributed by atoms with van der Waals surface area (Å²) in [5.41, 5.74) is 3.19. The molecule has 1 aromatic rings. The molecule has 0 radical (unpaired) electrons. The second kappa shape index (κ2) is 5.34. The van der Waals surface area contributed by atoms with Crippen molar-refractivity contribution in [2.24, 2.45) is 0 Å². The summed E-state index contributed by atoms with van der Waals surface area (Å²) >= 11 is 0.869. The Morgan fingerprint density at radius 1 is 1.12 bits per heavy atom. The molecule has 0 bridgehead atoms. The standard InChI is InChI=1S/C13H17F3S/c1-8(2)11-6-12(10(4)5-9(11)3)17-7-13(14,15)16/h5-6,8H,7H2,1-4H3. The van der Waals surface area contributed by atoms with Crippen LogP contribution in [0.2, 0.25) is 0 Å². The Balaban J connectivity index is 2.96. The van der Waals surface area contributed by atoms with Crippen molar-refractivity contribution in [3.63, 3.8) is 0 Å². The van der Waals surface area contributed by atoms with E-state index < -0.39 is 11.9 Å². The largest absolute Gasteiger partial charge is 0.398 e. The van der Waals surface area contributed by atoms with Crippen LogP contribution in [0.1, 0.15) is 36.5 Å². The predicted molar refractivity (Wildman–Crippen MR) is 66.8 cm³/mol. The third kappa shape index (κ3) is 4.26. The van der Waals surface area contributed by atoms with Crippen molar-refractivity contribution in [2.75, 3.05) is 5.75 Å². The molecule has 0 N–H and O–H groups in total. The summed E-state index contributed by atoms with van der Waals surface area (Å²) in [7, 11) is 0. The van der Waals surface area contributed by atoms with Crippen molar-refractivity contribution in [3.8, 4) is 0 Å². The van der Waals surface area contributed by atoms with Gasteiger partial charge in [-0.2, -0.15) is 13.2 Å². The Labute approximate surface area is 105 Å². The van der Waals surface area contributed by atoms with E-state index in [0.717, 1.165) is 33.3 Å². The summed E-state index contributed by atoms with van der Waals surface area (Å²) in [6.07, 6.45) is -4.11. The lowest BCUT2D eigenvalue weighted by Crippen LogP contribution is -2.10. The first-order valence-corrected chi connectivity index (χ1v) is 6.50. The van der Waals surface area contributed by atoms with Crippen LogP contribution in [0.25, 0.3) is 0 Å². The van der Waals surface area contributed by atoms with Crippen molar-refractivity contribution < 1.29 is 13.2 Å². The van der Waals surface area contributed by atoms with Crippen LogP contribution in [0.5, 0.6) is 0 Å². The fraction of sp³-hybridized carbons (Fsp3) is 0.538. The van der Waals surface area contributed by atoms with Crippen molar-refractivity contribution in [1.82, 2.24) is 0 Å². The third-order valence-electron chi connectivity index (χ3n) is 2.58. The number of thioether (sulfide) groups is 1. The van der Waals surface area contributed by atoms with E-state index in [-0.39, 0.29) is 0 Å². The number of hydrogen-bond acceptors (Lipinski definition) is 1. The van der Waals surface area contributed by atoms with E-state index in [0.29, 0.717) is 5.92 Å². The van der Waals surface area contributed by atoms with Gasteiger partial charge in [-0.1, -0.05) is 19.9 Å². The fourth-order valence-corrected chi connectivity index (χ4v) is 2.60. The SMILES string of the molecule is Cc1cc(C)c(C(C)C)cc1SCC(F)(F)F. The molecule has 0 atom stereocenters. The van der Waals surface area contributed by atoms with Gasteiger partial charge in [-0.25, -0.2) is 0 Å². The van der Waals surface area contributed by atoms with Gasteiger partial charge >= 0.3 is 6.18 Å². The number of halogens is 3. The molecule has 0 nitrogen and oxygen atoms in total. The highest BCUT2D eigenvalue weighted by atomic mass is 32.2. The highest BCUT2D eigenvalue weighted by molar-refractivity contribution is 7.99. The van der Waals surface area contributed by atoms with Crippen molar-refractivity contribution in [2.45, 2.75) is 44.7 Å². The summed E-state index contributed by atoms with van der Waals surface area (Å²) < 4.78 is 36.6. The van der Waals surface area contributed by atoms with E-state index in [4.69, 9.17) is 0 Å². The van der Waals surface area contributed by atoms with Crippen molar-refractivity contribution in [1.29, 1.82) is 0 Å². The third-order valence-corrected chi connectivity index (χ3v) is 3.80. The van der Waals surface area contributed by atoms with Gasteiger partial charge in [0.05, 0.1) is 5.75 Å². The minimum absolute atomic E-state index is 0.334. The summed E-state index contributed by atoms with van der Waals surface area (Å²) in [6, 6.07) is 3.86. The molecular formula is C13H17F3S. The molecule has 17 heavy (non-hydrogen) atoms. The van der Waals surface area contributed by atoms with Crippen molar-refractivity contribution in [3.05, 3.63) is 28.8 Å². The van der Waals surface area contributed by atoms with E-state index in [1.165, 1.54) is 0 Å². The lowest BCUT2D eigenvalue weighted by Gasteiger charge is -2.15. The summed E-state index contributed by atoms with van der Waals surface area (Å²) in [5, 5.41) is 0. The number of alkyl halides is 3. The van der Waals surface area contributed by atoms with Crippen LogP contribution < -0.4 is 0 Å². The van der Waals surface area contributed by atoms with Gasteiger partial charge in [-0.05, 0) is 42.5 Å². The first-order valence-electron chi connectivity index (χ1n) is 5.51. The Morgan fingerprint density at radius 2 is 1.71 bits per heavy atom. The number of rotatable bonds is 3. The lowest BCUT2D eigenvalue weighted by molar-refractivity contribution is -0.105. The molecule has 0 aliphatic heterocycles. The van der Waals surface area contributed by atoms with E-state index in [9.17, 15) is 13.2 Å². The van der Waals surface area contributed by atoms with Gasteiger partial charge in [0.25, 0.3) is 0 Å². The van der Waals surface area contributed by atoms with Gasteiger partial charge < -0.3 is 0 Å². The van der Waals surface area contributed by atoms with Crippen LogP contribution in [0.3, 0.4) is 0 Å². The van der Waals surface area contributed by atoms with E-state index in [1.807, 2.05) is 26.0 Å². The van der Waals surface area contributed by atoms with Crippen LogP contribution in [0.15, 0.2) is 17.0 Å². The van der Waals surface area contributed by atoms with Crippen LogP contribution >= 0.6 is 11.8 Å². The van der Waals surface area contributed by atoms with Crippen LogP contribution in [0.4, 0.5) is 13.2 Å². The smallest absolute Gasteiger partial charge is 0.170 e. The maximum absolute atomic E-state index is 12.2. The normalized spacial score (nSPS) is 12.2. The first kappa shape index (κ1) is 14.4. The number of benzene rings is 1. The Bertz CT molecular complexity index is 394. The number of aryl methyl sites for hydroxylation is 2. The predicted octanol–water partition coefficient (Wildman–Crippen LogP) is 5.08. The molecule has 0 aromatic heterocycles. The maximum Gasteiger partial charge on any atom is 0.398 e. The molecule has 0 spiro atoms. The fourth-order valence-electron chi connectivity index (χ4n) is 1.79. The van der Waals surface area contributed by atoms with E-state index in [2.05, 4.69) is 13.8 Å². The van der Waals surface area contributed by atoms with Gasteiger partial charge in [-0.3, -0.25) is 0 Å². The summed E-state index contributed by atoms with van der Waals surface area (Å²) in [4.78, 5) is 0.733. The molecule has 0 unspecified atom stereocenters. The first-order chi connectivity index (χ1) is 7.70. The van der Waals surface area contributed by atoms with Gasteiger partial charge in [-0.15, -0.1) is 11.8 Å². The zero-order chi connectivity index (χ0) is 13.2. The van der Waals surface area contributed by atoms with E-state index in [1.54, 1.807) is 0 Å². The second-order valence-corrected chi connectivity index (χ2v) is 5.55.